The van der Waals surface area contributed by atoms with E-state index in [0.29, 0.717) is 28.6 Å². The molecule has 0 saturated carbocycles. The molecule has 0 atom stereocenters. The number of carbonyl (C=O) groups excluding carboxylic acids is 1. The molecule has 20 heavy (non-hydrogen) atoms. The van der Waals surface area contributed by atoms with E-state index in [1.165, 1.54) is 6.08 Å². The molecule has 0 aromatic heterocycles. The minimum absolute atomic E-state index is 0.108. The van der Waals surface area contributed by atoms with Crippen LogP contribution in [0.3, 0.4) is 0 Å². The second-order valence-electron chi connectivity index (χ2n) is 5.33. The van der Waals surface area contributed by atoms with Crippen LogP contribution >= 0.6 is 23.2 Å². The van der Waals surface area contributed by atoms with Gasteiger partial charge in [0.2, 0.25) is 5.91 Å². The van der Waals surface area contributed by atoms with E-state index in [1.807, 2.05) is 13.8 Å². The number of amides is 1. The van der Waals surface area contributed by atoms with Crippen molar-refractivity contribution in [2.45, 2.75) is 20.3 Å². The quantitative estimate of drug-likeness (QED) is 0.789. The second-order valence-corrected chi connectivity index (χ2v) is 6.12. The lowest BCUT2D eigenvalue weighted by atomic mass is 9.90. The Morgan fingerprint density at radius 3 is 2.75 bits per heavy atom. The standard InChI is InChI=1S/C15H19Cl2NO2/c1-15(2,8-9-19)10-18-13(20)7-6-11-4-3-5-12(16)14(11)17/h3-7,19H,8-10H2,1-2H3,(H,18,20)/b7-6+. The van der Waals surface area contributed by atoms with Crippen LogP contribution in [0.15, 0.2) is 24.3 Å². The SMILES string of the molecule is CC(C)(CCO)CNC(=O)/C=C/c1cccc(Cl)c1Cl. The highest BCUT2D eigenvalue weighted by Crippen LogP contribution is 2.26. The van der Waals surface area contributed by atoms with Crippen molar-refractivity contribution in [2.24, 2.45) is 5.41 Å². The Balaban J connectivity index is 2.58. The van der Waals surface area contributed by atoms with Gasteiger partial charge in [-0.25, -0.2) is 0 Å². The molecule has 2 N–H and O–H groups in total. The van der Waals surface area contributed by atoms with Gasteiger partial charge in [0.05, 0.1) is 10.0 Å². The minimum Gasteiger partial charge on any atom is -0.396 e. The average molecular weight is 316 g/mol. The monoisotopic (exact) mass is 315 g/mol. The topological polar surface area (TPSA) is 49.3 Å². The number of rotatable bonds is 6. The Bertz CT molecular complexity index is 499. The number of aliphatic hydroxyl groups is 1. The fourth-order valence-electron chi connectivity index (χ4n) is 1.59. The molecule has 1 amide bonds. The maximum Gasteiger partial charge on any atom is 0.244 e. The molecule has 0 aliphatic rings. The molecule has 1 aromatic rings. The summed E-state index contributed by atoms with van der Waals surface area (Å²) in [6.45, 7) is 4.58. The van der Waals surface area contributed by atoms with E-state index < -0.39 is 0 Å². The maximum absolute atomic E-state index is 11.7. The van der Waals surface area contributed by atoms with Gasteiger partial charge in [0.25, 0.3) is 0 Å². The third-order valence-electron chi connectivity index (χ3n) is 2.93. The lowest BCUT2D eigenvalue weighted by Gasteiger charge is -2.23. The van der Waals surface area contributed by atoms with Gasteiger partial charge in [0.15, 0.2) is 0 Å². The van der Waals surface area contributed by atoms with Crippen LogP contribution in [0.4, 0.5) is 0 Å². The van der Waals surface area contributed by atoms with E-state index in [1.54, 1.807) is 24.3 Å². The molecule has 0 unspecified atom stereocenters. The first kappa shape index (κ1) is 17.0. The number of halogens is 2. The predicted octanol–water partition coefficient (Wildman–Crippen LogP) is 3.53. The molecule has 0 bridgehead atoms. The lowest BCUT2D eigenvalue weighted by molar-refractivity contribution is -0.116. The van der Waals surface area contributed by atoms with Crippen LogP contribution in [0.5, 0.6) is 0 Å². The van der Waals surface area contributed by atoms with Crippen molar-refractivity contribution in [3.05, 3.63) is 39.9 Å². The largest absolute Gasteiger partial charge is 0.396 e. The van der Waals surface area contributed by atoms with E-state index in [9.17, 15) is 4.79 Å². The van der Waals surface area contributed by atoms with Crippen LogP contribution < -0.4 is 5.32 Å². The van der Waals surface area contributed by atoms with Crippen molar-refractivity contribution in [2.75, 3.05) is 13.2 Å². The summed E-state index contributed by atoms with van der Waals surface area (Å²) in [6, 6.07) is 5.25. The Morgan fingerprint density at radius 2 is 2.10 bits per heavy atom. The van der Waals surface area contributed by atoms with Crippen LogP contribution in [-0.2, 0) is 4.79 Å². The summed E-state index contributed by atoms with van der Waals surface area (Å²) >= 11 is 11.9. The number of carbonyl (C=O) groups is 1. The van der Waals surface area contributed by atoms with Crippen LogP contribution in [0.25, 0.3) is 6.08 Å². The number of hydrogen-bond donors (Lipinski definition) is 2. The molecule has 0 aliphatic carbocycles. The Hall–Kier alpha value is -1.03. The third kappa shape index (κ3) is 5.53. The van der Waals surface area contributed by atoms with Crippen LogP contribution in [0, 0.1) is 5.41 Å². The second kappa shape index (κ2) is 7.67. The normalized spacial score (nSPS) is 11.8. The molecule has 0 saturated heterocycles. The first-order valence-corrected chi connectivity index (χ1v) is 7.12. The van der Waals surface area contributed by atoms with Crippen LogP contribution in [-0.4, -0.2) is 24.2 Å². The molecule has 0 spiro atoms. The summed E-state index contributed by atoms with van der Waals surface area (Å²) < 4.78 is 0. The number of benzene rings is 1. The predicted molar refractivity (Wildman–Crippen MR) is 84.0 cm³/mol. The molecule has 1 rings (SSSR count). The van der Waals surface area contributed by atoms with Gasteiger partial charge < -0.3 is 10.4 Å². The van der Waals surface area contributed by atoms with Crippen molar-refractivity contribution in [3.63, 3.8) is 0 Å². The number of aliphatic hydroxyl groups excluding tert-OH is 1. The Kier molecular flexibility index (Phi) is 6.53. The molecule has 0 radical (unpaired) electrons. The van der Waals surface area contributed by atoms with E-state index in [0.717, 1.165) is 0 Å². The summed E-state index contributed by atoms with van der Waals surface area (Å²) in [4.78, 5) is 11.7. The average Bonchev–Trinajstić information content (AvgIpc) is 2.38. The van der Waals surface area contributed by atoms with Crippen LogP contribution in [0.1, 0.15) is 25.8 Å². The molecular formula is C15H19Cl2NO2. The van der Waals surface area contributed by atoms with Gasteiger partial charge in [0, 0.05) is 19.2 Å². The first-order valence-electron chi connectivity index (χ1n) is 6.36. The molecule has 0 aliphatic heterocycles. The van der Waals surface area contributed by atoms with Gasteiger partial charge in [-0.1, -0.05) is 49.2 Å². The molecule has 0 heterocycles. The van der Waals surface area contributed by atoms with Gasteiger partial charge in [-0.05, 0) is 29.5 Å². The minimum atomic E-state index is -0.202. The van der Waals surface area contributed by atoms with Crippen molar-refractivity contribution < 1.29 is 9.90 Å². The van der Waals surface area contributed by atoms with E-state index in [4.69, 9.17) is 28.3 Å². The van der Waals surface area contributed by atoms with Gasteiger partial charge in [-0.3, -0.25) is 4.79 Å². The summed E-state index contributed by atoms with van der Waals surface area (Å²) in [5, 5.41) is 12.6. The molecule has 5 heteroatoms. The highest BCUT2D eigenvalue weighted by atomic mass is 35.5. The van der Waals surface area contributed by atoms with Gasteiger partial charge in [-0.15, -0.1) is 0 Å². The Morgan fingerprint density at radius 1 is 1.40 bits per heavy atom. The van der Waals surface area contributed by atoms with Crippen molar-refractivity contribution >= 4 is 35.2 Å². The van der Waals surface area contributed by atoms with Gasteiger partial charge >= 0.3 is 0 Å². The maximum atomic E-state index is 11.7. The smallest absolute Gasteiger partial charge is 0.244 e. The lowest BCUT2D eigenvalue weighted by Crippen LogP contribution is -2.33. The van der Waals surface area contributed by atoms with Crippen molar-refractivity contribution in [1.82, 2.24) is 5.32 Å². The summed E-state index contributed by atoms with van der Waals surface area (Å²) in [7, 11) is 0. The van der Waals surface area contributed by atoms with E-state index >= 15 is 0 Å². The van der Waals surface area contributed by atoms with Crippen LogP contribution in [0.2, 0.25) is 10.0 Å². The summed E-state index contributed by atoms with van der Waals surface area (Å²) in [5.74, 6) is -0.202. The van der Waals surface area contributed by atoms with E-state index in [-0.39, 0.29) is 17.9 Å². The van der Waals surface area contributed by atoms with E-state index in [2.05, 4.69) is 5.32 Å². The Labute approximate surface area is 129 Å². The number of hydrogen-bond acceptors (Lipinski definition) is 2. The zero-order valence-electron chi connectivity index (χ0n) is 11.6. The zero-order chi connectivity index (χ0) is 15.2. The summed E-state index contributed by atoms with van der Waals surface area (Å²) in [5.41, 5.74) is 0.565. The molecule has 1 aromatic carbocycles. The molecular weight excluding hydrogens is 297 g/mol. The molecule has 110 valence electrons. The third-order valence-corrected chi connectivity index (χ3v) is 3.76. The highest BCUT2D eigenvalue weighted by Gasteiger charge is 2.17. The highest BCUT2D eigenvalue weighted by molar-refractivity contribution is 6.42. The van der Waals surface area contributed by atoms with Gasteiger partial charge in [-0.2, -0.15) is 0 Å². The van der Waals surface area contributed by atoms with Gasteiger partial charge in [0.1, 0.15) is 0 Å². The summed E-state index contributed by atoms with van der Waals surface area (Å²) in [6.07, 6.45) is 3.69. The zero-order valence-corrected chi connectivity index (χ0v) is 13.1. The first-order chi connectivity index (χ1) is 9.35. The fourth-order valence-corrected chi connectivity index (χ4v) is 1.96. The molecule has 3 nitrogen and oxygen atoms in total. The number of nitrogens with one attached hydrogen (secondary N) is 1. The van der Waals surface area contributed by atoms with Crippen molar-refractivity contribution in [1.29, 1.82) is 0 Å². The fraction of sp³-hybridized carbons (Fsp3) is 0.400. The molecule has 0 fully saturated rings. The van der Waals surface area contributed by atoms with Crippen molar-refractivity contribution in [3.8, 4) is 0 Å².